The largest absolute Gasteiger partial charge is 0.488 e. The fraction of sp³-hybridized carbons (Fsp3) is 0.300. The van der Waals surface area contributed by atoms with E-state index in [1.807, 2.05) is 26.0 Å². The Morgan fingerprint density at radius 2 is 2.31 bits per heavy atom. The van der Waals surface area contributed by atoms with Crippen LogP contribution in [0.4, 0.5) is 0 Å². The van der Waals surface area contributed by atoms with Crippen LogP contribution in [0.1, 0.15) is 13.8 Å². The van der Waals surface area contributed by atoms with E-state index in [1.165, 1.54) is 5.57 Å². The Morgan fingerprint density at radius 1 is 1.54 bits per heavy atom. The van der Waals surface area contributed by atoms with Gasteiger partial charge < -0.3 is 4.74 Å². The molecule has 70 valence electrons. The molecule has 1 heterocycles. The Balaban J connectivity index is 2.50. The molecule has 0 aromatic carbocycles. The summed E-state index contributed by atoms with van der Waals surface area (Å²) in [5.41, 5.74) is 1.25. The third-order valence-electron chi connectivity index (χ3n) is 1.42. The molecule has 0 saturated heterocycles. The van der Waals surface area contributed by atoms with Gasteiger partial charge in [0.1, 0.15) is 12.4 Å². The van der Waals surface area contributed by atoms with Gasteiger partial charge in [-0.2, -0.15) is 0 Å². The first-order valence-corrected chi connectivity index (χ1v) is 4.84. The molecular weight excluding hydrogens is 230 g/mol. The van der Waals surface area contributed by atoms with E-state index in [2.05, 4.69) is 20.9 Å². The fourth-order valence-corrected chi connectivity index (χ4v) is 1.12. The molecule has 1 aromatic rings. The van der Waals surface area contributed by atoms with Crippen molar-refractivity contribution in [2.45, 2.75) is 13.8 Å². The number of pyridine rings is 1. The summed E-state index contributed by atoms with van der Waals surface area (Å²) in [6.45, 7) is 4.69. The van der Waals surface area contributed by atoms with E-state index in [0.29, 0.717) is 6.61 Å². The van der Waals surface area contributed by atoms with Crippen LogP contribution in [0.15, 0.2) is 34.6 Å². The number of halogens is 1. The van der Waals surface area contributed by atoms with Gasteiger partial charge in [0, 0.05) is 10.7 Å². The SMILES string of the molecule is CC(C)=CCOc1cncc(Br)c1. The highest BCUT2D eigenvalue weighted by molar-refractivity contribution is 9.10. The van der Waals surface area contributed by atoms with E-state index in [1.54, 1.807) is 12.4 Å². The Kier molecular flexibility index (Phi) is 3.96. The van der Waals surface area contributed by atoms with Crippen LogP contribution in [0.5, 0.6) is 5.75 Å². The summed E-state index contributed by atoms with van der Waals surface area (Å²) in [4.78, 5) is 3.99. The van der Waals surface area contributed by atoms with Crippen molar-refractivity contribution >= 4 is 15.9 Å². The van der Waals surface area contributed by atoms with E-state index < -0.39 is 0 Å². The molecule has 0 radical (unpaired) electrons. The van der Waals surface area contributed by atoms with Gasteiger partial charge in [-0.25, -0.2) is 0 Å². The van der Waals surface area contributed by atoms with Gasteiger partial charge in [-0.1, -0.05) is 5.57 Å². The molecule has 0 amide bonds. The highest BCUT2D eigenvalue weighted by atomic mass is 79.9. The molecule has 0 bridgehead atoms. The van der Waals surface area contributed by atoms with Crippen molar-refractivity contribution in [2.24, 2.45) is 0 Å². The summed E-state index contributed by atoms with van der Waals surface area (Å²) in [5.74, 6) is 0.784. The van der Waals surface area contributed by atoms with E-state index in [9.17, 15) is 0 Å². The highest BCUT2D eigenvalue weighted by Crippen LogP contribution is 2.15. The van der Waals surface area contributed by atoms with Crippen LogP contribution in [0, 0.1) is 0 Å². The molecule has 0 fully saturated rings. The number of hydrogen-bond donors (Lipinski definition) is 0. The zero-order chi connectivity index (χ0) is 9.68. The number of allylic oxidation sites excluding steroid dienone is 1. The summed E-state index contributed by atoms with van der Waals surface area (Å²) in [6, 6.07) is 1.89. The second kappa shape index (κ2) is 5.02. The quantitative estimate of drug-likeness (QED) is 0.759. The van der Waals surface area contributed by atoms with Gasteiger partial charge in [0.25, 0.3) is 0 Å². The normalized spacial score (nSPS) is 9.46. The molecule has 2 nitrogen and oxygen atoms in total. The van der Waals surface area contributed by atoms with Gasteiger partial charge in [-0.15, -0.1) is 0 Å². The topological polar surface area (TPSA) is 22.1 Å². The molecule has 1 aromatic heterocycles. The second-order valence-corrected chi connectivity index (χ2v) is 3.85. The van der Waals surface area contributed by atoms with E-state index >= 15 is 0 Å². The number of nitrogens with zero attached hydrogens (tertiary/aromatic N) is 1. The summed E-state index contributed by atoms with van der Waals surface area (Å²) in [5, 5.41) is 0. The second-order valence-electron chi connectivity index (χ2n) is 2.93. The van der Waals surface area contributed by atoms with Crippen LogP contribution < -0.4 is 4.74 Å². The molecule has 0 unspecified atom stereocenters. The van der Waals surface area contributed by atoms with Crippen LogP contribution >= 0.6 is 15.9 Å². The number of rotatable bonds is 3. The molecule has 0 saturated carbocycles. The fourth-order valence-electron chi connectivity index (χ4n) is 0.776. The van der Waals surface area contributed by atoms with Crippen LogP contribution in [0.25, 0.3) is 0 Å². The van der Waals surface area contributed by atoms with E-state index in [4.69, 9.17) is 4.74 Å². The summed E-state index contributed by atoms with van der Waals surface area (Å²) >= 11 is 3.33. The lowest BCUT2D eigenvalue weighted by Gasteiger charge is -2.02. The van der Waals surface area contributed by atoms with Gasteiger partial charge in [0.2, 0.25) is 0 Å². The van der Waals surface area contributed by atoms with Gasteiger partial charge >= 0.3 is 0 Å². The maximum absolute atomic E-state index is 5.43. The average molecular weight is 242 g/mol. The Labute approximate surface area is 86.8 Å². The van der Waals surface area contributed by atoms with Crippen molar-refractivity contribution in [1.29, 1.82) is 0 Å². The van der Waals surface area contributed by atoms with Gasteiger partial charge in [0.05, 0.1) is 6.20 Å². The molecule has 1 rings (SSSR count). The van der Waals surface area contributed by atoms with Gasteiger partial charge in [0.15, 0.2) is 0 Å². The minimum atomic E-state index is 0.598. The lowest BCUT2D eigenvalue weighted by Crippen LogP contribution is -1.94. The van der Waals surface area contributed by atoms with Crippen molar-refractivity contribution in [3.63, 3.8) is 0 Å². The summed E-state index contributed by atoms with van der Waals surface area (Å²) < 4.78 is 6.36. The van der Waals surface area contributed by atoms with Crippen molar-refractivity contribution in [3.8, 4) is 5.75 Å². The lowest BCUT2D eigenvalue weighted by molar-refractivity contribution is 0.360. The minimum Gasteiger partial charge on any atom is -0.488 e. The predicted molar refractivity (Wildman–Crippen MR) is 56.9 cm³/mol. The molecule has 0 N–H and O–H groups in total. The summed E-state index contributed by atoms with van der Waals surface area (Å²) in [6.07, 6.45) is 5.46. The first-order chi connectivity index (χ1) is 6.18. The zero-order valence-electron chi connectivity index (χ0n) is 7.75. The Bertz CT molecular complexity index is 306. The maximum atomic E-state index is 5.43. The number of hydrogen-bond acceptors (Lipinski definition) is 2. The van der Waals surface area contributed by atoms with Crippen LogP contribution in [-0.2, 0) is 0 Å². The molecule has 13 heavy (non-hydrogen) atoms. The van der Waals surface area contributed by atoms with Gasteiger partial charge in [-0.05, 0) is 41.9 Å². The zero-order valence-corrected chi connectivity index (χ0v) is 9.34. The van der Waals surface area contributed by atoms with Crippen molar-refractivity contribution in [3.05, 3.63) is 34.6 Å². The molecule has 0 aliphatic heterocycles. The lowest BCUT2D eigenvalue weighted by atomic mass is 10.3. The van der Waals surface area contributed by atoms with Crippen molar-refractivity contribution < 1.29 is 4.74 Å². The standard InChI is InChI=1S/C10H12BrNO/c1-8(2)3-4-13-10-5-9(11)6-12-7-10/h3,5-7H,4H2,1-2H3. The Morgan fingerprint density at radius 3 is 2.92 bits per heavy atom. The minimum absolute atomic E-state index is 0.598. The van der Waals surface area contributed by atoms with Crippen molar-refractivity contribution in [1.82, 2.24) is 4.98 Å². The average Bonchev–Trinajstić information content (AvgIpc) is 2.03. The predicted octanol–water partition coefficient (Wildman–Crippen LogP) is 3.19. The van der Waals surface area contributed by atoms with E-state index in [0.717, 1.165) is 10.2 Å². The van der Waals surface area contributed by atoms with Crippen LogP contribution in [0.2, 0.25) is 0 Å². The van der Waals surface area contributed by atoms with Crippen molar-refractivity contribution in [2.75, 3.05) is 6.61 Å². The van der Waals surface area contributed by atoms with Crippen LogP contribution in [0.3, 0.4) is 0 Å². The maximum Gasteiger partial charge on any atom is 0.139 e. The summed E-state index contributed by atoms with van der Waals surface area (Å²) in [7, 11) is 0. The molecule has 0 aliphatic rings. The molecule has 0 spiro atoms. The van der Waals surface area contributed by atoms with E-state index in [-0.39, 0.29) is 0 Å². The molecule has 3 heteroatoms. The molecular formula is C10H12BrNO. The first-order valence-electron chi connectivity index (χ1n) is 4.05. The number of ether oxygens (including phenoxy) is 1. The third-order valence-corrected chi connectivity index (χ3v) is 1.86. The Hall–Kier alpha value is -0.830. The smallest absolute Gasteiger partial charge is 0.139 e. The number of aromatic nitrogens is 1. The molecule has 0 atom stereocenters. The monoisotopic (exact) mass is 241 g/mol. The first kappa shape index (κ1) is 10.3. The van der Waals surface area contributed by atoms with Crippen LogP contribution in [-0.4, -0.2) is 11.6 Å². The highest BCUT2D eigenvalue weighted by Gasteiger charge is 1.93. The molecule has 0 aliphatic carbocycles. The third kappa shape index (κ3) is 4.08. The van der Waals surface area contributed by atoms with Gasteiger partial charge in [-0.3, -0.25) is 4.98 Å².